The van der Waals surface area contributed by atoms with Crippen LogP contribution in [0, 0.1) is 6.92 Å². The molecule has 0 amide bonds. The quantitative estimate of drug-likeness (QED) is 0.430. The van der Waals surface area contributed by atoms with E-state index in [1.165, 1.54) is 6.92 Å². The maximum Gasteiger partial charge on any atom is 0.401 e. The summed E-state index contributed by atoms with van der Waals surface area (Å²) in [7, 11) is 0. The summed E-state index contributed by atoms with van der Waals surface area (Å²) in [5.74, 6) is -2.40. The van der Waals surface area contributed by atoms with Gasteiger partial charge in [0.1, 0.15) is 0 Å². The molecule has 96 valence electrons. The standard InChI is InChI=1S/C9H8N2O7/c1-4-7(14)11-9(15)10(16)8(4)17-5(12)2-3-6(13)18-11/h16H,2-3H2,1H3. The highest BCUT2D eigenvalue weighted by molar-refractivity contribution is 5.79. The third-order valence-electron chi connectivity index (χ3n) is 2.31. The van der Waals surface area contributed by atoms with Crippen molar-refractivity contribution in [1.29, 1.82) is 0 Å². The van der Waals surface area contributed by atoms with Crippen LogP contribution in [0.4, 0.5) is 0 Å². The molecule has 0 aromatic carbocycles. The predicted molar refractivity (Wildman–Crippen MR) is 53.3 cm³/mol. The minimum absolute atomic E-state index is 0.0623. The van der Waals surface area contributed by atoms with Gasteiger partial charge < -0.3 is 14.8 Å². The molecule has 2 aliphatic heterocycles. The lowest BCUT2D eigenvalue weighted by atomic mass is 10.3. The van der Waals surface area contributed by atoms with Crippen LogP contribution in [0.5, 0.6) is 5.88 Å². The van der Waals surface area contributed by atoms with Crippen LogP contribution in [-0.4, -0.2) is 26.6 Å². The van der Waals surface area contributed by atoms with E-state index in [4.69, 9.17) is 0 Å². The number of hydrogen-bond donors (Lipinski definition) is 1. The van der Waals surface area contributed by atoms with Gasteiger partial charge in [-0.15, -0.1) is 0 Å². The molecule has 18 heavy (non-hydrogen) atoms. The smallest absolute Gasteiger partial charge is 0.401 e. The van der Waals surface area contributed by atoms with Crippen LogP contribution >= 0.6 is 0 Å². The Bertz CT molecular complexity index is 617. The average molecular weight is 256 g/mol. The molecule has 3 heterocycles. The minimum atomic E-state index is -1.33. The first-order valence-electron chi connectivity index (χ1n) is 4.91. The summed E-state index contributed by atoms with van der Waals surface area (Å²) in [6.45, 7) is 1.21. The number of carbonyl (C=O) groups is 2. The molecule has 1 aromatic heterocycles. The summed E-state index contributed by atoms with van der Waals surface area (Å²) in [5.41, 5.74) is -2.55. The Balaban J connectivity index is 2.79. The molecule has 0 saturated heterocycles. The third kappa shape index (κ3) is 1.75. The van der Waals surface area contributed by atoms with Crippen LogP contribution in [-0.2, 0) is 9.59 Å². The van der Waals surface area contributed by atoms with E-state index in [0.717, 1.165) is 0 Å². The van der Waals surface area contributed by atoms with Gasteiger partial charge in [0, 0.05) is 0 Å². The van der Waals surface area contributed by atoms with Gasteiger partial charge in [0.15, 0.2) is 0 Å². The summed E-state index contributed by atoms with van der Waals surface area (Å²) in [4.78, 5) is 50.2. The minimum Gasteiger partial charge on any atom is -0.421 e. The van der Waals surface area contributed by atoms with Crippen LogP contribution in [0.2, 0.25) is 0 Å². The Morgan fingerprint density at radius 3 is 2.39 bits per heavy atom. The van der Waals surface area contributed by atoms with Crippen molar-refractivity contribution in [3.63, 3.8) is 0 Å². The zero-order chi connectivity index (χ0) is 13.4. The predicted octanol–water partition coefficient (Wildman–Crippen LogP) is -1.79. The van der Waals surface area contributed by atoms with E-state index in [-0.39, 0.29) is 27.9 Å². The van der Waals surface area contributed by atoms with Gasteiger partial charge in [0.05, 0.1) is 18.4 Å². The first-order chi connectivity index (χ1) is 8.41. The Kier molecular flexibility index (Phi) is 2.66. The number of esters is 1. The average Bonchev–Trinajstić information content (AvgIpc) is 2.34. The molecule has 0 fully saturated rings. The molecule has 0 atom stereocenters. The third-order valence-corrected chi connectivity index (χ3v) is 2.31. The SMILES string of the molecule is Cc1c2n(O)c(=O)n(c1=O)OC(=O)CCC(=O)O2. The van der Waals surface area contributed by atoms with E-state index in [1.54, 1.807) is 0 Å². The van der Waals surface area contributed by atoms with E-state index < -0.39 is 29.1 Å². The van der Waals surface area contributed by atoms with Gasteiger partial charge in [-0.1, -0.05) is 9.46 Å². The van der Waals surface area contributed by atoms with E-state index in [1.807, 2.05) is 0 Å². The van der Waals surface area contributed by atoms with Gasteiger partial charge in [-0.3, -0.25) is 9.59 Å². The molecular formula is C9H8N2O7. The largest absolute Gasteiger partial charge is 0.421 e. The molecule has 1 N–H and O–H groups in total. The number of aromatic nitrogens is 2. The van der Waals surface area contributed by atoms with Gasteiger partial charge in [-0.05, 0) is 6.92 Å². The van der Waals surface area contributed by atoms with Gasteiger partial charge in [-0.25, -0.2) is 9.59 Å². The molecule has 0 saturated carbocycles. The van der Waals surface area contributed by atoms with E-state index in [9.17, 15) is 24.4 Å². The summed E-state index contributed by atoms with van der Waals surface area (Å²) in [6.07, 6.45) is -0.632. The highest BCUT2D eigenvalue weighted by Crippen LogP contribution is 2.12. The summed E-state index contributed by atoms with van der Waals surface area (Å²) in [5, 5.41) is 9.45. The zero-order valence-electron chi connectivity index (χ0n) is 9.21. The topological polar surface area (TPSA) is 117 Å². The lowest BCUT2D eigenvalue weighted by Gasteiger charge is -2.14. The zero-order valence-corrected chi connectivity index (χ0v) is 9.21. The molecule has 0 unspecified atom stereocenters. The van der Waals surface area contributed by atoms with Crippen molar-refractivity contribution in [3.05, 3.63) is 26.4 Å². The maximum absolute atomic E-state index is 11.7. The lowest BCUT2D eigenvalue weighted by molar-refractivity contribution is -0.150. The highest BCUT2D eigenvalue weighted by Gasteiger charge is 2.24. The monoisotopic (exact) mass is 256 g/mol. The molecule has 3 rings (SSSR count). The molecule has 9 nitrogen and oxygen atoms in total. The first kappa shape index (κ1) is 11.9. The van der Waals surface area contributed by atoms with Crippen molar-refractivity contribution in [2.24, 2.45) is 0 Å². The normalized spacial score (nSPS) is 15.2. The molecule has 0 radical (unpaired) electrons. The van der Waals surface area contributed by atoms with Gasteiger partial charge >= 0.3 is 17.6 Å². The summed E-state index contributed by atoms with van der Waals surface area (Å²) >= 11 is 0. The van der Waals surface area contributed by atoms with Crippen LogP contribution < -0.4 is 20.8 Å². The van der Waals surface area contributed by atoms with Gasteiger partial charge in [0.2, 0.25) is 0 Å². The second-order valence-corrected chi connectivity index (χ2v) is 3.56. The number of rotatable bonds is 0. The maximum atomic E-state index is 11.7. The van der Waals surface area contributed by atoms with E-state index in [2.05, 4.69) is 9.57 Å². The fourth-order valence-corrected chi connectivity index (χ4v) is 1.37. The van der Waals surface area contributed by atoms with Crippen LogP contribution in [0.3, 0.4) is 0 Å². The molecule has 2 bridgehead atoms. The van der Waals surface area contributed by atoms with E-state index in [0.29, 0.717) is 0 Å². The van der Waals surface area contributed by atoms with Gasteiger partial charge in [-0.2, -0.15) is 0 Å². The van der Waals surface area contributed by atoms with Crippen molar-refractivity contribution >= 4 is 11.9 Å². The second kappa shape index (κ2) is 4.02. The highest BCUT2D eigenvalue weighted by atomic mass is 16.7. The second-order valence-electron chi connectivity index (χ2n) is 3.56. The number of carbonyl (C=O) groups excluding carboxylic acids is 2. The number of nitrogens with zero attached hydrogens (tertiary/aromatic N) is 2. The Labute approximate surface area is 98.7 Å². The molecule has 1 aromatic rings. The van der Waals surface area contributed by atoms with Crippen LogP contribution in [0.25, 0.3) is 0 Å². The summed E-state index contributed by atoms with van der Waals surface area (Å²) in [6, 6.07) is 0. The van der Waals surface area contributed by atoms with Gasteiger partial charge in [0.25, 0.3) is 11.4 Å². The number of fused-ring (bicyclic) bond motifs is 7. The van der Waals surface area contributed by atoms with Crippen molar-refractivity contribution in [1.82, 2.24) is 9.46 Å². The first-order valence-corrected chi connectivity index (χ1v) is 4.91. The summed E-state index contributed by atoms with van der Waals surface area (Å²) < 4.78 is 4.72. The van der Waals surface area contributed by atoms with Crippen LogP contribution in [0.1, 0.15) is 18.4 Å². The van der Waals surface area contributed by atoms with Crippen molar-refractivity contribution in [3.8, 4) is 5.88 Å². The Hall–Kier alpha value is -2.58. The lowest BCUT2D eigenvalue weighted by Crippen LogP contribution is -2.47. The molecule has 2 aliphatic rings. The molecule has 0 aliphatic carbocycles. The van der Waals surface area contributed by atoms with Crippen LogP contribution in [0.15, 0.2) is 9.59 Å². The molecule has 0 spiro atoms. The van der Waals surface area contributed by atoms with Crippen molar-refractivity contribution in [2.45, 2.75) is 19.8 Å². The number of hydrogen-bond acceptors (Lipinski definition) is 7. The Morgan fingerprint density at radius 1 is 1.11 bits per heavy atom. The van der Waals surface area contributed by atoms with Crippen molar-refractivity contribution < 1.29 is 24.4 Å². The van der Waals surface area contributed by atoms with E-state index >= 15 is 0 Å². The fraction of sp³-hybridized carbons (Fsp3) is 0.333. The number of ether oxygens (including phenoxy) is 1. The molecule has 9 heteroatoms. The Morgan fingerprint density at radius 2 is 1.72 bits per heavy atom. The fourth-order valence-electron chi connectivity index (χ4n) is 1.37. The van der Waals surface area contributed by atoms with Crippen molar-refractivity contribution in [2.75, 3.05) is 0 Å². The molecular weight excluding hydrogens is 248 g/mol.